The fourth-order valence-corrected chi connectivity index (χ4v) is 3.04. The molecule has 138 valence electrons. The summed E-state index contributed by atoms with van der Waals surface area (Å²) in [5.74, 6) is 0. The molecule has 28 heavy (non-hydrogen) atoms. The molecule has 1 N–H and O–H groups in total. The number of aromatic amines is 1. The minimum atomic E-state index is -0.481. The molecular formula is C18H12N6O3S. The summed E-state index contributed by atoms with van der Waals surface area (Å²) in [6, 6.07) is 14.9. The van der Waals surface area contributed by atoms with Gasteiger partial charge in [0.1, 0.15) is 0 Å². The van der Waals surface area contributed by atoms with Crippen LogP contribution in [0.1, 0.15) is 0 Å². The van der Waals surface area contributed by atoms with Gasteiger partial charge in [0.2, 0.25) is 5.13 Å². The maximum absolute atomic E-state index is 13.0. The highest BCUT2D eigenvalue weighted by Gasteiger charge is 2.18. The number of nitrogens with zero attached hydrogens (tertiary/aromatic N) is 5. The van der Waals surface area contributed by atoms with Crippen molar-refractivity contribution in [2.75, 3.05) is 0 Å². The van der Waals surface area contributed by atoms with E-state index in [1.807, 2.05) is 18.2 Å². The third-order valence-electron chi connectivity index (χ3n) is 3.90. The van der Waals surface area contributed by atoms with Gasteiger partial charge in [-0.15, -0.1) is 21.6 Å². The Bertz CT molecular complexity index is 1190. The molecule has 0 amide bonds. The third-order valence-corrected chi connectivity index (χ3v) is 4.56. The summed E-state index contributed by atoms with van der Waals surface area (Å²) in [6.07, 6.45) is 1.59. The van der Waals surface area contributed by atoms with Crippen LogP contribution in [0.25, 0.3) is 16.9 Å². The van der Waals surface area contributed by atoms with E-state index in [4.69, 9.17) is 0 Å². The summed E-state index contributed by atoms with van der Waals surface area (Å²) < 4.78 is 1.35. The van der Waals surface area contributed by atoms with Gasteiger partial charge in [-0.25, -0.2) is 9.67 Å². The smallest absolute Gasteiger partial charge is 0.288 e. The van der Waals surface area contributed by atoms with Gasteiger partial charge in [0, 0.05) is 29.3 Å². The van der Waals surface area contributed by atoms with E-state index >= 15 is 0 Å². The minimum absolute atomic E-state index is 0.0421. The van der Waals surface area contributed by atoms with Gasteiger partial charge in [0.05, 0.1) is 16.3 Å². The van der Waals surface area contributed by atoms with Crippen molar-refractivity contribution in [3.05, 3.63) is 86.6 Å². The van der Waals surface area contributed by atoms with Crippen molar-refractivity contribution in [2.45, 2.75) is 0 Å². The van der Waals surface area contributed by atoms with Crippen molar-refractivity contribution >= 4 is 27.8 Å². The molecule has 0 fully saturated rings. The second-order valence-corrected chi connectivity index (χ2v) is 6.50. The van der Waals surface area contributed by atoms with Crippen molar-refractivity contribution in [1.82, 2.24) is 14.8 Å². The molecule has 0 atom stereocenters. The molecule has 2 aromatic carbocycles. The number of thiazole rings is 1. The van der Waals surface area contributed by atoms with Gasteiger partial charge in [0.25, 0.3) is 11.2 Å². The molecule has 2 aromatic heterocycles. The standard InChI is InChI=1S/C18H12N6O3S/c25-17-16(20-21-18-19-10-11-28-18)15(12-6-8-14(9-7-12)24(26)27)22-23(17)13-4-2-1-3-5-13/h1-11,22H. The summed E-state index contributed by atoms with van der Waals surface area (Å²) in [5.41, 5.74) is 1.27. The zero-order valence-electron chi connectivity index (χ0n) is 14.2. The molecule has 0 saturated heterocycles. The molecule has 0 bridgehead atoms. The lowest BCUT2D eigenvalue weighted by Gasteiger charge is -2.01. The van der Waals surface area contributed by atoms with E-state index in [1.165, 1.54) is 28.2 Å². The summed E-state index contributed by atoms with van der Waals surface area (Å²) in [7, 11) is 0. The lowest BCUT2D eigenvalue weighted by molar-refractivity contribution is -0.384. The Balaban J connectivity index is 1.86. The quantitative estimate of drug-likeness (QED) is 0.303. The third kappa shape index (κ3) is 3.35. The van der Waals surface area contributed by atoms with E-state index in [-0.39, 0.29) is 16.9 Å². The Labute approximate surface area is 161 Å². The van der Waals surface area contributed by atoms with Crippen LogP contribution in [-0.2, 0) is 0 Å². The summed E-state index contributed by atoms with van der Waals surface area (Å²) in [5, 5.41) is 24.2. The number of hydrogen-bond acceptors (Lipinski definition) is 7. The van der Waals surface area contributed by atoms with E-state index in [0.29, 0.717) is 22.1 Å². The van der Waals surface area contributed by atoms with Crippen molar-refractivity contribution in [3.63, 3.8) is 0 Å². The van der Waals surface area contributed by atoms with E-state index in [1.54, 1.807) is 35.8 Å². The molecule has 4 aromatic rings. The first-order valence-corrected chi connectivity index (χ1v) is 8.98. The first-order chi connectivity index (χ1) is 13.6. The largest absolute Gasteiger partial charge is 0.299 e. The highest BCUT2D eigenvalue weighted by atomic mass is 32.1. The van der Waals surface area contributed by atoms with Crippen molar-refractivity contribution < 1.29 is 4.92 Å². The number of non-ortho nitro benzene ring substituents is 1. The van der Waals surface area contributed by atoms with Crippen LogP contribution in [-0.4, -0.2) is 19.7 Å². The van der Waals surface area contributed by atoms with E-state index < -0.39 is 4.92 Å². The summed E-state index contributed by atoms with van der Waals surface area (Å²) in [6.45, 7) is 0. The Hall–Kier alpha value is -3.92. The van der Waals surface area contributed by atoms with E-state index in [0.717, 1.165) is 0 Å². The lowest BCUT2D eigenvalue weighted by atomic mass is 10.1. The van der Waals surface area contributed by atoms with Crippen LogP contribution in [0.2, 0.25) is 0 Å². The molecular weight excluding hydrogens is 380 g/mol. The van der Waals surface area contributed by atoms with Crippen LogP contribution in [0, 0.1) is 10.1 Å². The first kappa shape index (κ1) is 17.5. The van der Waals surface area contributed by atoms with Crippen molar-refractivity contribution in [3.8, 4) is 16.9 Å². The molecule has 0 radical (unpaired) electrons. The Morgan fingerprint density at radius 1 is 1.07 bits per heavy atom. The molecule has 0 aliphatic heterocycles. The molecule has 10 heteroatoms. The van der Waals surface area contributed by atoms with Crippen LogP contribution in [0.15, 0.2) is 81.2 Å². The van der Waals surface area contributed by atoms with Gasteiger partial charge < -0.3 is 0 Å². The predicted molar refractivity (Wildman–Crippen MR) is 105 cm³/mol. The Kier molecular flexibility index (Phi) is 4.60. The lowest BCUT2D eigenvalue weighted by Crippen LogP contribution is -2.13. The first-order valence-electron chi connectivity index (χ1n) is 8.10. The zero-order valence-corrected chi connectivity index (χ0v) is 15.0. The van der Waals surface area contributed by atoms with Gasteiger partial charge in [-0.1, -0.05) is 18.2 Å². The highest BCUT2D eigenvalue weighted by molar-refractivity contribution is 7.13. The fraction of sp³-hybridized carbons (Fsp3) is 0. The number of para-hydroxylation sites is 1. The molecule has 9 nitrogen and oxygen atoms in total. The Morgan fingerprint density at radius 3 is 2.46 bits per heavy atom. The summed E-state index contributed by atoms with van der Waals surface area (Å²) >= 11 is 1.29. The molecule has 0 spiro atoms. The number of azo groups is 1. The minimum Gasteiger partial charge on any atom is -0.288 e. The van der Waals surface area contributed by atoms with Gasteiger partial charge in [-0.2, -0.15) is 0 Å². The van der Waals surface area contributed by atoms with Gasteiger partial charge in [-0.3, -0.25) is 20.0 Å². The number of benzene rings is 2. The second kappa shape index (κ2) is 7.37. The van der Waals surface area contributed by atoms with Gasteiger partial charge >= 0.3 is 0 Å². The topological polar surface area (TPSA) is 119 Å². The monoisotopic (exact) mass is 392 g/mol. The molecule has 0 unspecified atom stereocenters. The average molecular weight is 392 g/mol. The number of hydrogen-bond donors (Lipinski definition) is 1. The number of nitro groups is 1. The van der Waals surface area contributed by atoms with Crippen LogP contribution >= 0.6 is 11.3 Å². The SMILES string of the molecule is O=c1c(N=Nc2nccs2)c(-c2ccc([N+](=O)[O-])cc2)[nH]n1-c1ccccc1. The molecule has 0 saturated carbocycles. The highest BCUT2D eigenvalue weighted by Crippen LogP contribution is 2.29. The summed E-state index contributed by atoms with van der Waals surface area (Å²) in [4.78, 5) is 27.4. The maximum atomic E-state index is 13.0. The number of nitrogens with one attached hydrogen (secondary N) is 1. The fourth-order valence-electron chi connectivity index (χ4n) is 2.59. The van der Waals surface area contributed by atoms with Gasteiger partial charge in [0.15, 0.2) is 5.69 Å². The van der Waals surface area contributed by atoms with E-state index in [2.05, 4.69) is 20.3 Å². The zero-order chi connectivity index (χ0) is 19.5. The van der Waals surface area contributed by atoms with Crippen molar-refractivity contribution in [2.24, 2.45) is 10.2 Å². The maximum Gasteiger partial charge on any atom is 0.299 e. The number of aromatic nitrogens is 3. The Morgan fingerprint density at radius 2 is 1.82 bits per heavy atom. The number of H-pyrrole nitrogens is 1. The van der Waals surface area contributed by atoms with Crippen molar-refractivity contribution in [1.29, 1.82) is 0 Å². The van der Waals surface area contributed by atoms with Crippen LogP contribution in [0.3, 0.4) is 0 Å². The molecule has 0 aliphatic carbocycles. The molecule has 0 aliphatic rings. The van der Waals surface area contributed by atoms with Crippen LogP contribution < -0.4 is 5.56 Å². The van der Waals surface area contributed by atoms with Crippen LogP contribution in [0.5, 0.6) is 0 Å². The predicted octanol–water partition coefficient (Wildman–Crippen LogP) is 4.61. The average Bonchev–Trinajstić information content (AvgIpc) is 3.35. The molecule has 4 rings (SSSR count). The van der Waals surface area contributed by atoms with E-state index in [9.17, 15) is 14.9 Å². The molecule has 2 heterocycles. The van der Waals surface area contributed by atoms with Gasteiger partial charge in [-0.05, 0) is 24.3 Å². The normalized spacial score (nSPS) is 11.1. The number of rotatable bonds is 5. The van der Waals surface area contributed by atoms with Crippen LogP contribution in [0.4, 0.5) is 16.5 Å². The second-order valence-electron chi connectivity index (χ2n) is 5.63. The number of nitro benzene ring substituents is 1.